The first-order valence-corrected chi connectivity index (χ1v) is 14.1. The average Bonchev–Trinajstić information content (AvgIpc) is 3.34. The van der Waals surface area contributed by atoms with E-state index in [1.807, 2.05) is 42.5 Å². The summed E-state index contributed by atoms with van der Waals surface area (Å²) in [5.74, 6) is 0.576. The number of benzene rings is 3. The Hall–Kier alpha value is -3.01. The van der Waals surface area contributed by atoms with Crippen molar-refractivity contribution in [1.82, 2.24) is 15.5 Å². The van der Waals surface area contributed by atoms with Gasteiger partial charge in [-0.2, -0.15) is 0 Å². The molecule has 1 aromatic heterocycles. The van der Waals surface area contributed by atoms with Crippen LogP contribution in [0, 0.1) is 0 Å². The number of rotatable bonds is 11. The Balaban J connectivity index is 1.25. The highest BCUT2D eigenvalue weighted by atomic mass is 79.9. The molecular weight excluding hydrogens is 556 g/mol. The maximum absolute atomic E-state index is 12.9. The SMILES string of the molecule is O=C(NCCc1nnc(NC(=O)c2ccccc2SCCCc2ccccc2)s1)c1cccc(Br)c1. The predicted octanol–water partition coefficient (Wildman–Crippen LogP) is 6.25. The molecule has 0 saturated carbocycles. The van der Waals surface area contributed by atoms with E-state index in [0.717, 1.165) is 33.0 Å². The molecule has 4 rings (SSSR count). The molecule has 184 valence electrons. The number of aromatic nitrogens is 2. The summed E-state index contributed by atoms with van der Waals surface area (Å²) in [6.07, 6.45) is 2.57. The van der Waals surface area contributed by atoms with Gasteiger partial charge in [0.05, 0.1) is 5.56 Å². The van der Waals surface area contributed by atoms with E-state index >= 15 is 0 Å². The third kappa shape index (κ3) is 7.74. The Morgan fingerprint density at radius 2 is 1.69 bits per heavy atom. The first-order chi connectivity index (χ1) is 17.6. The number of carbonyl (C=O) groups excluding carboxylic acids is 2. The van der Waals surface area contributed by atoms with Gasteiger partial charge in [-0.15, -0.1) is 22.0 Å². The van der Waals surface area contributed by atoms with E-state index in [1.54, 1.807) is 23.9 Å². The van der Waals surface area contributed by atoms with Crippen molar-refractivity contribution in [2.45, 2.75) is 24.2 Å². The number of hydrogen-bond donors (Lipinski definition) is 2. The zero-order valence-electron chi connectivity index (χ0n) is 19.4. The molecular formula is C27H25BrN4O2S2. The van der Waals surface area contributed by atoms with Crippen LogP contribution in [-0.2, 0) is 12.8 Å². The standard InChI is InChI=1S/C27H25BrN4O2S2/c28-21-12-6-11-20(18-21)25(33)29-16-15-24-31-32-27(36-24)30-26(34)22-13-4-5-14-23(22)35-17-7-10-19-8-2-1-3-9-19/h1-6,8-9,11-14,18H,7,10,15-17H2,(H,29,33)(H,30,32,34). The zero-order chi connectivity index (χ0) is 25.2. The molecule has 0 aliphatic rings. The van der Waals surface area contributed by atoms with Crippen LogP contribution in [0.5, 0.6) is 0 Å². The number of hydrogen-bond acceptors (Lipinski definition) is 6. The Labute approximate surface area is 227 Å². The summed E-state index contributed by atoms with van der Waals surface area (Å²) in [5, 5.41) is 15.2. The number of nitrogens with one attached hydrogen (secondary N) is 2. The Morgan fingerprint density at radius 3 is 2.53 bits per heavy atom. The molecule has 9 heteroatoms. The van der Waals surface area contributed by atoms with Gasteiger partial charge in [0.1, 0.15) is 5.01 Å². The van der Waals surface area contributed by atoms with Crippen LogP contribution in [0.1, 0.15) is 37.7 Å². The number of halogens is 1. The van der Waals surface area contributed by atoms with Gasteiger partial charge in [0, 0.05) is 27.9 Å². The maximum Gasteiger partial charge on any atom is 0.258 e. The highest BCUT2D eigenvalue weighted by molar-refractivity contribution is 9.10. The molecule has 0 atom stereocenters. The molecule has 1 heterocycles. The van der Waals surface area contributed by atoms with E-state index in [0.29, 0.717) is 29.2 Å². The minimum Gasteiger partial charge on any atom is -0.352 e. The number of carbonyl (C=O) groups is 2. The Bertz CT molecular complexity index is 1310. The maximum atomic E-state index is 12.9. The van der Waals surface area contributed by atoms with Crippen LogP contribution in [0.25, 0.3) is 0 Å². The number of thioether (sulfide) groups is 1. The second-order valence-electron chi connectivity index (χ2n) is 7.91. The fourth-order valence-corrected chi connectivity index (χ4v) is 5.60. The summed E-state index contributed by atoms with van der Waals surface area (Å²) < 4.78 is 0.854. The first kappa shape index (κ1) is 26.1. The van der Waals surface area contributed by atoms with Gasteiger partial charge >= 0.3 is 0 Å². The second-order valence-corrected chi connectivity index (χ2v) is 11.0. The summed E-state index contributed by atoms with van der Waals surface area (Å²) >= 11 is 6.37. The predicted molar refractivity (Wildman–Crippen MR) is 150 cm³/mol. The lowest BCUT2D eigenvalue weighted by molar-refractivity contribution is 0.0953. The first-order valence-electron chi connectivity index (χ1n) is 11.5. The fraction of sp³-hybridized carbons (Fsp3) is 0.185. The molecule has 3 aromatic carbocycles. The monoisotopic (exact) mass is 580 g/mol. The molecule has 36 heavy (non-hydrogen) atoms. The van der Waals surface area contributed by atoms with E-state index in [4.69, 9.17) is 0 Å². The van der Waals surface area contributed by atoms with Crippen LogP contribution in [0.3, 0.4) is 0 Å². The molecule has 2 N–H and O–H groups in total. The van der Waals surface area contributed by atoms with Crippen molar-refractivity contribution in [2.75, 3.05) is 17.6 Å². The smallest absolute Gasteiger partial charge is 0.258 e. The van der Waals surface area contributed by atoms with Gasteiger partial charge in [-0.05, 0) is 54.5 Å². The van der Waals surface area contributed by atoms with Crippen LogP contribution in [0.2, 0.25) is 0 Å². The molecule has 0 aliphatic heterocycles. The van der Waals surface area contributed by atoms with Crippen LogP contribution in [-0.4, -0.2) is 34.3 Å². The molecule has 0 spiro atoms. The fourth-order valence-electron chi connectivity index (χ4n) is 3.47. The molecule has 0 radical (unpaired) electrons. The van der Waals surface area contributed by atoms with E-state index in [1.165, 1.54) is 16.9 Å². The van der Waals surface area contributed by atoms with Gasteiger partial charge in [0.15, 0.2) is 0 Å². The van der Waals surface area contributed by atoms with Crippen molar-refractivity contribution in [3.63, 3.8) is 0 Å². The van der Waals surface area contributed by atoms with Crippen LogP contribution in [0.15, 0.2) is 88.2 Å². The molecule has 2 amide bonds. The molecule has 0 fully saturated rings. The molecule has 0 aliphatic carbocycles. The quantitative estimate of drug-likeness (QED) is 0.162. The highest BCUT2D eigenvalue weighted by Crippen LogP contribution is 2.25. The van der Waals surface area contributed by atoms with Crippen molar-refractivity contribution in [2.24, 2.45) is 0 Å². The van der Waals surface area contributed by atoms with Gasteiger partial charge in [-0.1, -0.05) is 75.8 Å². The molecule has 0 saturated heterocycles. The summed E-state index contributed by atoms with van der Waals surface area (Å²) in [5.41, 5.74) is 2.54. The molecule has 0 unspecified atom stereocenters. The number of anilines is 1. The number of nitrogens with zero attached hydrogens (tertiary/aromatic N) is 2. The van der Waals surface area contributed by atoms with E-state index in [2.05, 4.69) is 61.0 Å². The summed E-state index contributed by atoms with van der Waals surface area (Å²) in [4.78, 5) is 26.2. The van der Waals surface area contributed by atoms with Gasteiger partial charge < -0.3 is 5.32 Å². The van der Waals surface area contributed by atoms with Crippen LogP contribution >= 0.6 is 39.0 Å². The van der Waals surface area contributed by atoms with Crippen molar-refractivity contribution in [3.05, 3.63) is 105 Å². The molecule has 4 aromatic rings. The Morgan fingerprint density at radius 1 is 0.889 bits per heavy atom. The normalized spacial score (nSPS) is 10.7. The lowest BCUT2D eigenvalue weighted by atomic mass is 10.1. The largest absolute Gasteiger partial charge is 0.352 e. The molecule has 6 nitrogen and oxygen atoms in total. The highest BCUT2D eigenvalue weighted by Gasteiger charge is 2.14. The van der Waals surface area contributed by atoms with Gasteiger partial charge in [0.25, 0.3) is 11.8 Å². The lowest BCUT2D eigenvalue weighted by Gasteiger charge is -2.08. The van der Waals surface area contributed by atoms with E-state index in [9.17, 15) is 9.59 Å². The van der Waals surface area contributed by atoms with E-state index in [-0.39, 0.29) is 11.8 Å². The van der Waals surface area contributed by atoms with Crippen molar-refractivity contribution in [1.29, 1.82) is 0 Å². The van der Waals surface area contributed by atoms with Crippen molar-refractivity contribution < 1.29 is 9.59 Å². The average molecular weight is 582 g/mol. The number of amides is 2. The van der Waals surface area contributed by atoms with Gasteiger partial charge in [0.2, 0.25) is 5.13 Å². The second kappa shape index (κ2) is 13.3. The van der Waals surface area contributed by atoms with Crippen molar-refractivity contribution in [3.8, 4) is 0 Å². The third-order valence-electron chi connectivity index (χ3n) is 5.24. The van der Waals surface area contributed by atoms with Crippen LogP contribution < -0.4 is 10.6 Å². The van der Waals surface area contributed by atoms with Gasteiger partial charge in [-0.25, -0.2) is 0 Å². The summed E-state index contributed by atoms with van der Waals surface area (Å²) in [7, 11) is 0. The van der Waals surface area contributed by atoms with Gasteiger partial charge in [-0.3, -0.25) is 14.9 Å². The summed E-state index contributed by atoms with van der Waals surface area (Å²) in [6.45, 7) is 0.427. The third-order valence-corrected chi connectivity index (χ3v) is 7.79. The van der Waals surface area contributed by atoms with E-state index < -0.39 is 0 Å². The zero-order valence-corrected chi connectivity index (χ0v) is 22.7. The minimum atomic E-state index is -0.202. The van der Waals surface area contributed by atoms with Crippen molar-refractivity contribution >= 4 is 56.0 Å². The van der Waals surface area contributed by atoms with Crippen LogP contribution in [0.4, 0.5) is 5.13 Å². The summed E-state index contributed by atoms with van der Waals surface area (Å²) in [6, 6.07) is 25.2. The number of aryl methyl sites for hydroxylation is 1. The minimum absolute atomic E-state index is 0.146. The lowest BCUT2D eigenvalue weighted by Crippen LogP contribution is -2.25. The topological polar surface area (TPSA) is 84.0 Å². The Kier molecular flexibility index (Phi) is 9.66. The molecule has 0 bridgehead atoms.